The first-order valence-corrected chi connectivity index (χ1v) is 18.2. The number of fused-ring (bicyclic) bond motifs is 4. The fourth-order valence-corrected chi connectivity index (χ4v) is 7.86. The topological polar surface area (TPSA) is 3.24 Å². The maximum atomic E-state index is 2.40. The highest BCUT2D eigenvalue weighted by Gasteiger charge is 2.18. The van der Waals surface area contributed by atoms with Crippen LogP contribution in [0.5, 0.6) is 0 Å². The Balaban J connectivity index is 1.10. The normalized spacial score (nSPS) is 11.4. The van der Waals surface area contributed by atoms with Gasteiger partial charge in [-0.25, -0.2) is 0 Å². The van der Waals surface area contributed by atoms with Crippen molar-refractivity contribution in [1.82, 2.24) is 0 Å². The molecule has 10 aromatic carbocycles. The molecule has 53 heavy (non-hydrogen) atoms. The summed E-state index contributed by atoms with van der Waals surface area (Å²) in [7, 11) is 0. The van der Waals surface area contributed by atoms with E-state index in [2.05, 4.69) is 217 Å². The van der Waals surface area contributed by atoms with Crippen LogP contribution in [0.1, 0.15) is 0 Å². The summed E-state index contributed by atoms with van der Waals surface area (Å²) < 4.78 is 0. The van der Waals surface area contributed by atoms with Crippen LogP contribution in [0.3, 0.4) is 0 Å². The van der Waals surface area contributed by atoms with Gasteiger partial charge in [0.15, 0.2) is 0 Å². The lowest BCUT2D eigenvalue weighted by Crippen LogP contribution is -2.10. The molecule has 0 saturated carbocycles. The summed E-state index contributed by atoms with van der Waals surface area (Å²) >= 11 is 0. The molecule has 0 unspecified atom stereocenters. The Hall–Kier alpha value is -6.96. The molecule has 0 bridgehead atoms. The van der Waals surface area contributed by atoms with Crippen molar-refractivity contribution in [3.63, 3.8) is 0 Å². The number of hydrogen-bond donors (Lipinski definition) is 0. The lowest BCUT2D eigenvalue weighted by molar-refractivity contribution is 1.30. The molecule has 0 aliphatic rings. The SMILES string of the molecule is c1ccc2cc(-c3ccc(N(c4ccc(-c5ccc6ccccc6c5)cc4)c4ccc(-c5ccc6ccccc6c5)c5ccccc45)cc3)ccc2c1. The van der Waals surface area contributed by atoms with Gasteiger partial charge in [-0.15, -0.1) is 0 Å². The van der Waals surface area contributed by atoms with Crippen LogP contribution < -0.4 is 4.90 Å². The molecule has 0 heterocycles. The van der Waals surface area contributed by atoms with Crippen LogP contribution in [0.25, 0.3) is 76.5 Å². The second kappa shape index (κ2) is 13.0. The van der Waals surface area contributed by atoms with Crippen molar-refractivity contribution >= 4 is 60.2 Å². The lowest BCUT2D eigenvalue weighted by atomic mass is 9.94. The quantitative estimate of drug-likeness (QED) is 0.170. The van der Waals surface area contributed by atoms with Gasteiger partial charge >= 0.3 is 0 Å². The second-order valence-electron chi connectivity index (χ2n) is 13.8. The molecule has 1 nitrogen and oxygen atoms in total. The molecule has 10 aromatic rings. The van der Waals surface area contributed by atoms with Crippen LogP contribution >= 0.6 is 0 Å². The van der Waals surface area contributed by atoms with Gasteiger partial charge in [-0.3, -0.25) is 0 Å². The highest BCUT2D eigenvalue weighted by Crippen LogP contribution is 2.43. The summed E-state index contributed by atoms with van der Waals surface area (Å²) in [4.78, 5) is 2.40. The van der Waals surface area contributed by atoms with Gasteiger partial charge in [0.1, 0.15) is 0 Å². The van der Waals surface area contributed by atoms with E-state index in [1.54, 1.807) is 0 Å². The fraction of sp³-hybridized carbons (Fsp3) is 0. The van der Waals surface area contributed by atoms with Gasteiger partial charge in [0.2, 0.25) is 0 Å². The molecule has 0 aliphatic heterocycles. The predicted octanol–water partition coefficient (Wildman–Crippen LogP) is 14.8. The molecule has 0 N–H and O–H groups in total. The van der Waals surface area contributed by atoms with Crippen molar-refractivity contribution in [1.29, 1.82) is 0 Å². The van der Waals surface area contributed by atoms with Crippen LogP contribution in [0.15, 0.2) is 212 Å². The summed E-state index contributed by atoms with van der Waals surface area (Å²) in [5.74, 6) is 0. The Morgan fingerprint density at radius 2 is 0.623 bits per heavy atom. The molecule has 1 heteroatoms. The van der Waals surface area contributed by atoms with Gasteiger partial charge in [-0.05, 0) is 120 Å². The Morgan fingerprint density at radius 1 is 0.245 bits per heavy atom. The second-order valence-corrected chi connectivity index (χ2v) is 13.8. The summed E-state index contributed by atoms with van der Waals surface area (Å²) in [6.07, 6.45) is 0. The van der Waals surface area contributed by atoms with Crippen molar-refractivity contribution in [2.45, 2.75) is 0 Å². The van der Waals surface area contributed by atoms with Crippen molar-refractivity contribution < 1.29 is 0 Å². The molecular weight excluding hydrogens is 639 g/mol. The molecule has 0 amide bonds. The number of benzene rings is 10. The molecule has 10 rings (SSSR count). The highest BCUT2D eigenvalue weighted by atomic mass is 15.1. The fourth-order valence-electron chi connectivity index (χ4n) is 7.86. The largest absolute Gasteiger partial charge is 0.310 e. The van der Waals surface area contributed by atoms with Gasteiger partial charge in [-0.1, -0.05) is 164 Å². The van der Waals surface area contributed by atoms with E-state index in [0.717, 1.165) is 17.1 Å². The third-order valence-electron chi connectivity index (χ3n) is 10.6. The summed E-state index contributed by atoms with van der Waals surface area (Å²) in [6.45, 7) is 0. The van der Waals surface area contributed by atoms with E-state index < -0.39 is 0 Å². The summed E-state index contributed by atoms with van der Waals surface area (Å²) in [6, 6.07) is 77.4. The maximum Gasteiger partial charge on any atom is 0.0540 e. The number of hydrogen-bond acceptors (Lipinski definition) is 1. The lowest BCUT2D eigenvalue weighted by Gasteiger charge is -2.28. The summed E-state index contributed by atoms with van der Waals surface area (Å²) in [5, 5.41) is 9.94. The Bertz CT molecular complexity index is 2820. The number of nitrogens with zero attached hydrogens (tertiary/aromatic N) is 1. The molecular formula is C52H35N. The Morgan fingerprint density at radius 3 is 1.11 bits per heavy atom. The first kappa shape index (κ1) is 30.8. The van der Waals surface area contributed by atoms with Crippen molar-refractivity contribution in [3.05, 3.63) is 212 Å². The molecule has 0 fully saturated rings. The summed E-state index contributed by atoms with van der Waals surface area (Å²) in [5.41, 5.74) is 10.6. The van der Waals surface area contributed by atoms with Crippen LogP contribution in [0.2, 0.25) is 0 Å². The van der Waals surface area contributed by atoms with Gasteiger partial charge in [-0.2, -0.15) is 0 Å². The maximum absolute atomic E-state index is 2.40. The van der Waals surface area contributed by atoms with E-state index in [1.165, 1.54) is 76.5 Å². The molecule has 0 spiro atoms. The van der Waals surface area contributed by atoms with Crippen molar-refractivity contribution in [2.24, 2.45) is 0 Å². The van der Waals surface area contributed by atoms with E-state index in [1.807, 2.05) is 0 Å². The van der Waals surface area contributed by atoms with Gasteiger partial charge in [0.05, 0.1) is 5.69 Å². The third kappa shape index (κ3) is 5.69. The number of anilines is 3. The molecule has 0 radical (unpaired) electrons. The Labute approximate surface area is 309 Å². The van der Waals surface area contributed by atoms with Crippen LogP contribution in [0.4, 0.5) is 17.1 Å². The standard InChI is InChI=1S/C52H35N/c1-4-12-41-33-44(20-17-36(41)9-1)39-23-27-47(28-24-39)53(48-29-25-40(26-30-48)45-21-18-37-10-2-5-13-42(37)34-45)52-32-31-49(50-15-7-8-16-51(50)52)46-22-19-38-11-3-6-14-43(38)35-46/h1-35H. The third-order valence-corrected chi connectivity index (χ3v) is 10.6. The van der Waals surface area contributed by atoms with Gasteiger partial charge in [0, 0.05) is 16.8 Å². The van der Waals surface area contributed by atoms with E-state index in [0.29, 0.717) is 0 Å². The molecule has 0 aliphatic carbocycles. The molecule has 0 saturated heterocycles. The smallest absolute Gasteiger partial charge is 0.0540 e. The van der Waals surface area contributed by atoms with Crippen LogP contribution in [-0.2, 0) is 0 Å². The van der Waals surface area contributed by atoms with E-state index in [-0.39, 0.29) is 0 Å². The van der Waals surface area contributed by atoms with Crippen LogP contribution in [0, 0.1) is 0 Å². The molecule has 0 atom stereocenters. The van der Waals surface area contributed by atoms with Gasteiger partial charge in [0.25, 0.3) is 0 Å². The predicted molar refractivity (Wildman–Crippen MR) is 227 cm³/mol. The Kier molecular flexibility index (Phi) is 7.55. The van der Waals surface area contributed by atoms with Crippen LogP contribution in [-0.4, -0.2) is 0 Å². The highest BCUT2D eigenvalue weighted by molar-refractivity contribution is 6.07. The first-order valence-electron chi connectivity index (χ1n) is 18.2. The first-order chi connectivity index (χ1) is 26.2. The van der Waals surface area contributed by atoms with Crippen molar-refractivity contribution in [2.75, 3.05) is 4.90 Å². The minimum absolute atomic E-state index is 1.11. The zero-order valence-corrected chi connectivity index (χ0v) is 29.2. The zero-order chi connectivity index (χ0) is 35.1. The minimum atomic E-state index is 1.11. The molecule has 0 aromatic heterocycles. The van der Waals surface area contributed by atoms with E-state index >= 15 is 0 Å². The van der Waals surface area contributed by atoms with Crippen molar-refractivity contribution in [3.8, 4) is 33.4 Å². The average Bonchev–Trinajstić information content (AvgIpc) is 3.24. The average molecular weight is 674 g/mol. The zero-order valence-electron chi connectivity index (χ0n) is 29.2. The molecule has 248 valence electrons. The number of rotatable bonds is 6. The minimum Gasteiger partial charge on any atom is -0.310 e. The monoisotopic (exact) mass is 673 g/mol. The van der Waals surface area contributed by atoms with E-state index in [9.17, 15) is 0 Å². The van der Waals surface area contributed by atoms with Gasteiger partial charge < -0.3 is 4.90 Å². The van der Waals surface area contributed by atoms with E-state index in [4.69, 9.17) is 0 Å².